The second-order valence-electron chi connectivity index (χ2n) is 6.88. The van der Waals surface area contributed by atoms with Crippen LogP contribution < -0.4 is 5.56 Å². The molecule has 4 rings (SSSR count). The highest BCUT2D eigenvalue weighted by Gasteiger charge is 2.16. The molecule has 1 heterocycles. The number of hydrogen-bond donors (Lipinski definition) is 1. The second-order valence-corrected chi connectivity index (χ2v) is 7.32. The Morgan fingerprint density at radius 2 is 1.69 bits per heavy atom. The van der Waals surface area contributed by atoms with Crippen molar-refractivity contribution in [3.63, 3.8) is 0 Å². The lowest BCUT2D eigenvalue weighted by atomic mass is 10.1. The topological polar surface area (TPSA) is 54.6 Å². The molecule has 1 N–H and O–H groups in total. The molecule has 5 heteroatoms. The van der Waals surface area contributed by atoms with Gasteiger partial charge in [0.2, 0.25) is 5.88 Å². The van der Waals surface area contributed by atoms with E-state index < -0.39 is 0 Å². The molecule has 3 aromatic carbocycles. The lowest BCUT2D eigenvalue weighted by molar-refractivity contribution is 0.436. The SMILES string of the molecule is Cc1cccc(N=Cc2c(O)n(-c3cccc(Cl)c3)c(=O)c3ccccc23)c1C. The zero-order valence-corrected chi connectivity index (χ0v) is 16.8. The third kappa shape index (κ3) is 3.43. The van der Waals surface area contributed by atoms with Crippen molar-refractivity contribution in [1.29, 1.82) is 0 Å². The molecule has 0 aliphatic heterocycles. The molecular formula is C24H19ClN2O2. The number of nitrogens with zero attached hydrogens (tertiary/aromatic N) is 2. The van der Waals surface area contributed by atoms with Gasteiger partial charge in [-0.15, -0.1) is 0 Å². The highest BCUT2D eigenvalue weighted by Crippen LogP contribution is 2.28. The first kappa shape index (κ1) is 19.0. The van der Waals surface area contributed by atoms with E-state index in [9.17, 15) is 9.90 Å². The van der Waals surface area contributed by atoms with E-state index in [1.807, 2.05) is 44.2 Å². The Kier molecular flexibility index (Phi) is 4.95. The molecule has 0 fully saturated rings. The van der Waals surface area contributed by atoms with Gasteiger partial charge in [0, 0.05) is 22.0 Å². The number of aliphatic imine (C=N–C) groups is 1. The minimum absolute atomic E-state index is 0.176. The van der Waals surface area contributed by atoms with Crippen molar-refractivity contribution in [3.05, 3.63) is 98.8 Å². The number of fused-ring (bicyclic) bond motifs is 1. The molecule has 0 unspecified atom stereocenters. The maximum Gasteiger partial charge on any atom is 0.265 e. The summed E-state index contributed by atoms with van der Waals surface area (Å²) in [6.45, 7) is 4.04. The van der Waals surface area contributed by atoms with Crippen LogP contribution in [0.2, 0.25) is 5.02 Å². The van der Waals surface area contributed by atoms with Crippen LogP contribution in [0.15, 0.2) is 76.5 Å². The van der Waals surface area contributed by atoms with Gasteiger partial charge in [-0.3, -0.25) is 9.79 Å². The Morgan fingerprint density at radius 3 is 2.45 bits per heavy atom. The molecule has 144 valence electrons. The number of hydrogen-bond acceptors (Lipinski definition) is 3. The first-order valence-corrected chi connectivity index (χ1v) is 9.58. The Bertz CT molecular complexity index is 1320. The number of aryl methyl sites for hydroxylation is 1. The fraction of sp³-hybridized carbons (Fsp3) is 0.0833. The van der Waals surface area contributed by atoms with E-state index in [1.165, 1.54) is 4.57 Å². The second kappa shape index (κ2) is 7.57. The largest absolute Gasteiger partial charge is 0.494 e. The van der Waals surface area contributed by atoms with E-state index in [0.717, 1.165) is 16.8 Å². The lowest BCUT2D eigenvalue weighted by Gasteiger charge is -2.14. The predicted octanol–water partition coefficient (Wildman–Crippen LogP) is 5.72. The summed E-state index contributed by atoms with van der Waals surface area (Å²) < 4.78 is 1.26. The molecule has 0 saturated carbocycles. The summed E-state index contributed by atoms with van der Waals surface area (Å²) >= 11 is 6.11. The third-order valence-corrected chi connectivity index (χ3v) is 5.31. The summed E-state index contributed by atoms with van der Waals surface area (Å²) in [4.78, 5) is 17.7. The van der Waals surface area contributed by atoms with Crippen LogP contribution in [0.4, 0.5) is 5.69 Å². The number of pyridine rings is 1. The number of benzene rings is 3. The summed E-state index contributed by atoms with van der Waals surface area (Å²) in [5, 5.41) is 12.7. The highest BCUT2D eigenvalue weighted by molar-refractivity contribution is 6.30. The van der Waals surface area contributed by atoms with Crippen LogP contribution in [0.1, 0.15) is 16.7 Å². The van der Waals surface area contributed by atoms with Gasteiger partial charge in [0.15, 0.2) is 0 Å². The van der Waals surface area contributed by atoms with E-state index in [-0.39, 0.29) is 11.4 Å². The molecule has 4 aromatic rings. The fourth-order valence-corrected chi connectivity index (χ4v) is 3.54. The maximum absolute atomic E-state index is 13.1. The molecule has 0 radical (unpaired) electrons. The summed E-state index contributed by atoms with van der Waals surface area (Å²) in [7, 11) is 0. The van der Waals surface area contributed by atoms with Crippen LogP contribution in [0, 0.1) is 13.8 Å². The van der Waals surface area contributed by atoms with Crippen LogP contribution in [0.5, 0.6) is 5.88 Å². The highest BCUT2D eigenvalue weighted by atomic mass is 35.5. The zero-order chi connectivity index (χ0) is 20.5. The average Bonchev–Trinajstić information content (AvgIpc) is 2.71. The average molecular weight is 403 g/mol. The molecule has 4 nitrogen and oxygen atoms in total. The van der Waals surface area contributed by atoms with Crippen molar-refractivity contribution in [2.45, 2.75) is 13.8 Å². The molecule has 0 aliphatic rings. The monoisotopic (exact) mass is 402 g/mol. The van der Waals surface area contributed by atoms with Crippen molar-refractivity contribution in [2.75, 3.05) is 0 Å². The number of aromatic hydroxyl groups is 1. The van der Waals surface area contributed by atoms with E-state index in [2.05, 4.69) is 4.99 Å². The van der Waals surface area contributed by atoms with E-state index >= 15 is 0 Å². The van der Waals surface area contributed by atoms with Crippen LogP contribution >= 0.6 is 11.6 Å². The van der Waals surface area contributed by atoms with Crippen LogP contribution in [0.25, 0.3) is 16.5 Å². The Morgan fingerprint density at radius 1 is 0.966 bits per heavy atom. The first-order chi connectivity index (χ1) is 14.0. The first-order valence-electron chi connectivity index (χ1n) is 9.20. The molecule has 0 bridgehead atoms. The predicted molar refractivity (Wildman–Crippen MR) is 119 cm³/mol. The van der Waals surface area contributed by atoms with Crippen LogP contribution in [0.3, 0.4) is 0 Å². The van der Waals surface area contributed by atoms with Crippen molar-refractivity contribution in [1.82, 2.24) is 4.57 Å². The van der Waals surface area contributed by atoms with Gasteiger partial charge in [0.1, 0.15) is 0 Å². The minimum Gasteiger partial charge on any atom is -0.494 e. The van der Waals surface area contributed by atoms with Gasteiger partial charge < -0.3 is 5.11 Å². The summed E-state index contributed by atoms with van der Waals surface area (Å²) in [5.41, 5.74) is 3.67. The van der Waals surface area contributed by atoms with Crippen molar-refractivity contribution in [3.8, 4) is 11.6 Å². The van der Waals surface area contributed by atoms with Crippen LogP contribution in [-0.4, -0.2) is 15.9 Å². The van der Waals surface area contributed by atoms with Gasteiger partial charge in [-0.1, -0.05) is 48.0 Å². The molecule has 0 amide bonds. The van der Waals surface area contributed by atoms with Gasteiger partial charge >= 0.3 is 0 Å². The van der Waals surface area contributed by atoms with Crippen molar-refractivity contribution < 1.29 is 5.11 Å². The van der Waals surface area contributed by atoms with Gasteiger partial charge in [-0.25, -0.2) is 4.57 Å². The van der Waals surface area contributed by atoms with Crippen molar-refractivity contribution >= 4 is 34.3 Å². The van der Waals surface area contributed by atoms with E-state index in [4.69, 9.17) is 11.6 Å². The summed E-state index contributed by atoms with van der Waals surface area (Å²) in [6.07, 6.45) is 1.61. The van der Waals surface area contributed by atoms with Crippen LogP contribution in [-0.2, 0) is 0 Å². The molecule has 0 atom stereocenters. The van der Waals surface area contributed by atoms with Gasteiger partial charge in [-0.2, -0.15) is 0 Å². The maximum atomic E-state index is 13.1. The molecule has 0 saturated heterocycles. The number of halogens is 1. The number of aromatic nitrogens is 1. The van der Waals surface area contributed by atoms with E-state index in [0.29, 0.717) is 27.0 Å². The van der Waals surface area contributed by atoms with Gasteiger partial charge in [-0.05, 0) is 55.3 Å². The molecule has 0 aliphatic carbocycles. The van der Waals surface area contributed by atoms with Crippen molar-refractivity contribution in [2.24, 2.45) is 4.99 Å². The zero-order valence-electron chi connectivity index (χ0n) is 16.1. The third-order valence-electron chi connectivity index (χ3n) is 5.08. The standard InChI is InChI=1S/C24H19ClN2O2/c1-15-7-5-12-22(16(15)2)26-14-21-19-10-3-4-11-20(19)23(28)27(24(21)29)18-9-6-8-17(25)13-18/h3-14,29H,1-2H3. The molecular weight excluding hydrogens is 384 g/mol. The molecule has 1 aromatic heterocycles. The summed E-state index contributed by atoms with van der Waals surface area (Å²) in [5.74, 6) is -0.176. The molecule has 0 spiro atoms. The Balaban J connectivity index is 2.00. The van der Waals surface area contributed by atoms with E-state index in [1.54, 1.807) is 42.6 Å². The smallest absolute Gasteiger partial charge is 0.265 e. The van der Waals surface area contributed by atoms with Gasteiger partial charge in [0.05, 0.1) is 16.9 Å². The normalized spacial score (nSPS) is 11.4. The Hall–Kier alpha value is -3.37. The number of rotatable bonds is 3. The quantitative estimate of drug-likeness (QED) is 0.446. The fourth-order valence-electron chi connectivity index (χ4n) is 3.35. The minimum atomic E-state index is -0.316. The Labute approximate surface area is 173 Å². The molecule has 29 heavy (non-hydrogen) atoms. The van der Waals surface area contributed by atoms with Gasteiger partial charge in [0.25, 0.3) is 5.56 Å². The summed E-state index contributed by atoms with van der Waals surface area (Å²) in [6, 6.07) is 19.9. The lowest BCUT2D eigenvalue weighted by Crippen LogP contribution is -2.20.